The van der Waals surface area contributed by atoms with Crippen molar-refractivity contribution in [2.45, 2.75) is 13.2 Å². The number of hydrogen-bond acceptors (Lipinski definition) is 5. The second-order valence-corrected chi connectivity index (χ2v) is 6.21. The number of halogens is 1. The highest BCUT2D eigenvalue weighted by atomic mass is 19.1. The minimum absolute atomic E-state index is 0.0896. The van der Waals surface area contributed by atoms with Gasteiger partial charge in [0.15, 0.2) is 12.6 Å². The molecule has 2 aromatic rings. The largest absolute Gasteiger partial charge is 0.467 e. The molecule has 0 radical (unpaired) electrons. The predicted octanol–water partition coefficient (Wildman–Crippen LogP) is 2.24. The second kappa shape index (κ2) is 6.85. The van der Waals surface area contributed by atoms with Gasteiger partial charge < -0.3 is 18.8 Å². The summed E-state index contributed by atoms with van der Waals surface area (Å²) < 4.78 is 29.8. The number of ether oxygens (including phenoxy) is 2. The molecule has 1 amide bonds. The fourth-order valence-corrected chi connectivity index (χ4v) is 3.28. The summed E-state index contributed by atoms with van der Waals surface area (Å²) in [6, 6.07) is 6.36. The van der Waals surface area contributed by atoms with Crippen LogP contribution in [0.5, 0.6) is 5.75 Å². The Balaban J connectivity index is 1.41. The SMILES string of the molecule is O=C(c1ccco1)N1CCN(Cc2cc(F)cc3c2OCOC3)CC1. The van der Waals surface area contributed by atoms with Gasteiger partial charge in [-0.25, -0.2) is 4.39 Å². The first-order valence-corrected chi connectivity index (χ1v) is 8.27. The van der Waals surface area contributed by atoms with E-state index in [2.05, 4.69) is 4.90 Å². The third kappa shape index (κ3) is 3.38. The van der Waals surface area contributed by atoms with E-state index in [1.807, 2.05) is 0 Å². The molecule has 4 rings (SSSR count). The van der Waals surface area contributed by atoms with Gasteiger partial charge in [0.1, 0.15) is 11.6 Å². The van der Waals surface area contributed by atoms with Crippen LogP contribution in [0.3, 0.4) is 0 Å². The van der Waals surface area contributed by atoms with Crippen LogP contribution in [0.25, 0.3) is 0 Å². The van der Waals surface area contributed by atoms with Crippen LogP contribution >= 0.6 is 0 Å². The summed E-state index contributed by atoms with van der Waals surface area (Å²) in [5, 5.41) is 0. The Bertz CT molecular complexity index is 755. The lowest BCUT2D eigenvalue weighted by Crippen LogP contribution is -2.48. The number of furan rings is 1. The van der Waals surface area contributed by atoms with E-state index in [0.717, 1.165) is 16.9 Å². The molecular weight excluding hydrogens is 327 g/mol. The highest BCUT2D eigenvalue weighted by Gasteiger charge is 2.25. The molecular formula is C18H19FN2O4. The molecule has 0 saturated carbocycles. The van der Waals surface area contributed by atoms with E-state index < -0.39 is 0 Å². The Morgan fingerprint density at radius 1 is 1.20 bits per heavy atom. The Morgan fingerprint density at radius 2 is 2.04 bits per heavy atom. The van der Waals surface area contributed by atoms with E-state index >= 15 is 0 Å². The van der Waals surface area contributed by atoms with Gasteiger partial charge in [-0.2, -0.15) is 0 Å². The minimum Gasteiger partial charge on any atom is -0.467 e. The van der Waals surface area contributed by atoms with E-state index in [4.69, 9.17) is 13.9 Å². The van der Waals surface area contributed by atoms with Crippen molar-refractivity contribution in [1.29, 1.82) is 0 Å². The number of rotatable bonds is 3. The fraction of sp³-hybridized carbons (Fsp3) is 0.389. The molecule has 0 atom stereocenters. The summed E-state index contributed by atoms with van der Waals surface area (Å²) in [5.41, 5.74) is 1.57. The molecule has 132 valence electrons. The molecule has 0 spiro atoms. The van der Waals surface area contributed by atoms with Crippen molar-refractivity contribution in [2.75, 3.05) is 33.0 Å². The Hall–Kier alpha value is -2.38. The molecule has 25 heavy (non-hydrogen) atoms. The maximum absolute atomic E-state index is 13.8. The smallest absolute Gasteiger partial charge is 0.289 e. The number of nitrogens with zero attached hydrogens (tertiary/aromatic N) is 2. The van der Waals surface area contributed by atoms with Gasteiger partial charge in [-0.15, -0.1) is 0 Å². The maximum atomic E-state index is 13.8. The van der Waals surface area contributed by atoms with Gasteiger partial charge >= 0.3 is 0 Å². The summed E-state index contributed by atoms with van der Waals surface area (Å²) >= 11 is 0. The zero-order valence-corrected chi connectivity index (χ0v) is 13.7. The Kier molecular flexibility index (Phi) is 4.42. The highest BCUT2D eigenvalue weighted by Crippen LogP contribution is 2.30. The van der Waals surface area contributed by atoms with Crippen LogP contribution in [0.4, 0.5) is 4.39 Å². The fourth-order valence-electron chi connectivity index (χ4n) is 3.28. The van der Waals surface area contributed by atoms with Crippen molar-refractivity contribution < 1.29 is 23.1 Å². The Labute approximate surface area is 144 Å². The number of piperazine rings is 1. The average Bonchev–Trinajstić information content (AvgIpc) is 3.16. The summed E-state index contributed by atoms with van der Waals surface area (Å²) in [6.07, 6.45) is 1.50. The third-order valence-electron chi connectivity index (χ3n) is 4.54. The van der Waals surface area contributed by atoms with Gasteiger partial charge in [0.2, 0.25) is 0 Å². The molecule has 6 nitrogen and oxygen atoms in total. The van der Waals surface area contributed by atoms with Crippen molar-refractivity contribution in [3.05, 3.63) is 53.2 Å². The van der Waals surface area contributed by atoms with Gasteiger partial charge in [-0.05, 0) is 24.3 Å². The van der Waals surface area contributed by atoms with Gasteiger partial charge in [0.05, 0.1) is 12.9 Å². The van der Waals surface area contributed by atoms with Crippen molar-refractivity contribution in [3.63, 3.8) is 0 Å². The monoisotopic (exact) mass is 346 g/mol. The lowest BCUT2D eigenvalue weighted by molar-refractivity contribution is -0.0178. The van der Waals surface area contributed by atoms with E-state index in [9.17, 15) is 9.18 Å². The molecule has 0 unspecified atom stereocenters. The summed E-state index contributed by atoms with van der Waals surface area (Å²) in [4.78, 5) is 16.3. The lowest BCUT2D eigenvalue weighted by atomic mass is 10.1. The van der Waals surface area contributed by atoms with Crippen LogP contribution < -0.4 is 4.74 Å². The summed E-state index contributed by atoms with van der Waals surface area (Å²) in [6.45, 7) is 3.80. The third-order valence-corrected chi connectivity index (χ3v) is 4.54. The number of carbonyl (C=O) groups excluding carboxylic acids is 1. The first kappa shape index (κ1) is 16.1. The van der Waals surface area contributed by atoms with Gasteiger partial charge in [-0.1, -0.05) is 0 Å². The van der Waals surface area contributed by atoms with Gasteiger partial charge in [0.25, 0.3) is 5.91 Å². The normalized spacial score (nSPS) is 17.9. The Morgan fingerprint density at radius 3 is 2.80 bits per heavy atom. The van der Waals surface area contributed by atoms with Crippen LogP contribution in [0.2, 0.25) is 0 Å². The minimum atomic E-state index is -0.283. The maximum Gasteiger partial charge on any atom is 0.289 e. The molecule has 3 heterocycles. The number of benzene rings is 1. The number of amides is 1. The molecule has 1 fully saturated rings. The molecule has 2 aliphatic heterocycles. The van der Waals surface area contributed by atoms with Crippen LogP contribution in [0.15, 0.2) is 34.9 Å². The van der Waals surface area contributed by atoms with Crippen molar-refractivity contribution in [3.8, 4) is 5.75 Å². The summed E-state index contributed by atoms with van der Waals surface area (Å²) in [5.74, 6) is 0.713. The van der Waals surface area contributed by atoms with E-state index in [1.165, 1.54) is 18.4 Å². The standard InChI is InChI=1S/C18H19FN2O4/c19-15-8-13(17-14(9-15)11-23-12-25-17)10-20-3-5-21(6-4-20)18(22)16-2-1-7-24-16/h1-2,7-9H,3-6,10-12H2. The topological polar surface area (TPSA) is 55.2 Å². The predicted molar refractivity (Wildman–Crippen MR) is 86.6 cm³/mol. The van der Waals surface area contributed by atoms with Gasteiger partial charge in [-0.3, -0.25) is 9.69 Å². The molecule has 0 N–H and O–H groups in total. The zero-order chi connectivity index (χ0) is 17.2. The van der Waals surface area contributed by atoms with E-state index in [1.54, 1.807) is 17.0 Å². The number of carbonyl (C=O) groups is 1. The van der Waals surface area contributed by atoms with Gasteiger partial charge in [0, 0.05) is 43.9 Å². The number of hydrogen-bond donors (Lipinski definition) is 0. The van der Waals surface area contributed by atoms with Crippen LogP contribution in [-0.2, 0) is 17.9 Å². The first-order valence-electron chi connectivity index (χ1n) is 8.27. The van der Waals surface area contributed by atoms with Crippen LogP contribution in [0, 0.1) is 5.82 Å². The number of fused-ring (bicyclic) bond motifs is 1. The molecule has 0 bridgehead atoms. The van der Waals surface area contributed by atoms with Crippen molar-refractivity contribution in [1.82, 2.24) is 9.80 Å². The zero-order valence-electron chi connectivity index (χ0n) is 13.7. The van der Waals surface area contributed by atoms with Crippen molar-refractivity contribution >= 4 is 5.91 Å². The molecule has 0 aliphatic carbocycles. The first-order chi connectivity index (χ1) is 12.2. The molecule has 1 aromatic heterocycles. The molecule has 7 heteroatoms. The van der Waals surface area contributed by atoms with Crippen molar-refractivity contribution in [2.24, 2.45) is 0 Å². The summed E-state index contributed by atoms with van der Waals surface area (Å²) in [7, 11) is 0. The lowest BCUT2D eigenvalue weighted by Gasteiger charge is -2.34. The highest BCUT2D eigenvalue weighted by molar-refractivity contribution is 5.91. The van der Waals surface area contributed by atoms with Crippen LogP contribution in [-0.4, -0.2) is 48.7 Å². The quantitative estimate of drug-likeness (QED) is 0.853. The van der Waals surface area contributed by atoms with E-state index in [0.29, 0.717) is 45.1 Å². The second-order valence-electron chi connectivity index (χ2n) is 6.21. The van der Waals surface area contributed by atoms with Crippen LogP contribution in [0.1, 0.15) is 21.7 Å². The average molecular weight is 346 g/mol. The van der Waals surface area contributed by atoms with E-state index in [-0.39, 0.29) is 18.5 Å². The molecule has 2 aliphatic rings. The molecule has 1 aromatic carbocycles. The molecule has 1 saturated heterocycles.